The first-order valence-corrected chi connectivity index (χ1v) is 5.03. The predicted octanol–water partition coefficient (Wildman–Crippen LogP) is 1.58. The van der Waals surface area contributed by atoms with Crippen LogP contribution in [0.25, 0.3) is 0 Å². The zero-order valence-electron chi connectivity index (χ0n) is 8.98. The van der Waals surface area contributed by atoms with Gasteiger partial charge in [0, 0.05) is 25.2 Å². The molecule has 0 saturated carbocycles. The van der Waals surface area contributed by atoms with Crippen molar-refractivity contribution in [1.29, 1.82) is 5.26 Å². The fraction of sp³-hybridized carbons (Fsp3) is 0.364. The largest absolute Gasteiger partial charge is 0.492 e. The molecule has 0 amide bonds. The number of nitrogens with zero attached hydrogens (tertiary/aromatic N) is 1. The van der Waals surface area contributed by atoms with E-state index in [2.05, 4.69) is 0 Å². The molecular weight excluding hydrogens is 230 g/mol. The maximum absolute atomic E-state index is 8.76. The first-order valence-electron chi connectivity index (χ1n) is 4.66. The predicted molar refractivity (Wildman–Crippen MR) is 61.5 cm³/mol. The molecule has 16 heavy (non-hydrogen) atoms. The molecule has 0 aromatic heterocycles. The van der Waals surface area contributed by atoms with E-state index in [1.54, 1.807) is 18.2 Å². The third kappa shape index (κ3) is 4.99. The molecule has 0 unspecified atom stereocenters. The van der Waals surface area contributed by atoms with E-state index >= 15 is 0 Å². The minimum atomic E-state index is 0.0788. The molecule has 5 heteroatoms. The van der Waals surface area contributed by atoms with Crippen LogP contribution in [-0.2, 0) is 0 Å². The van der Waals surface area contributed by atoms with Gasteiger partial charge in [-0.05, 0) is 18.2 Å². The lowest BCUT2D eigenvalue weighted by Gasteiger charge is -2.06. The number of hydrogen-bond donors (Lipinski definition) is 2. The summed E-state index contributed by atoms with van der Waals surface area (Å²) >= 11 is 5.71. The smallest absolute Gasteiger partial charge is 0.137 e. The lowest BCUT2D eigenvalue weighted by atomic mass is 10.2. The van der Waals surface area contributed by atoms with Gasteiger partial charge >= 0.3 is 0 Å². The summed E-state index contributed by atoms with van der Waals surface area (Å²) < 4.78 is 5.28. The van der Waals surface area contributed by atoms with Crippen LogP contribution in [0.5, 0.6) is 5.75 Å². The molecule has 0 bridgehead atoms. The van der Waals surface area contributed by atoms with E-state index in [9.17, 15) is 0 Å². The standard InChI is InChI=1S/C10H10ClNO2.CH4O/c11-9-2-3-10(8(6-9)7-12)14-5-1-4-13;1-2/h2-3,6,13H,1,4-5H2;2H,1H3. The molecule has 1 rings (SSSR count). The highest BCUT2D eigenvalue weighted by atomic mass is 35.5. The van der Waals surface area contributed by atoms with Crippen LogP contribution in [0.1, 0.15) is 12.0 Å². The molecule has 0 fully saturated rings. The first-order chi connectivity index (χ1) is 7.77. The van der Waals surface area contributed by atoms with Crippen molar-refractivity contribution in [2.75, 3.05) is 20.3 Å². The number of ether oxygens (including phenoxy) is 1. The Morgan fingerprint density at radius 2 is 2.12 bits per heavy atom. The number of aliphatic hydroxyl groups excluding tert-OH is 2. The lowest BCUT2D eigenvalue weighted by molar-refractivity contribution is 0.233. The summed E-state index contributed by atoms with van der Waals surface area (Å²) in [5.74, 6) is 0.505. The van der Waals surface area contributed by atoms with Crippen molar-refractivity contribution in [2.45, 2.75) is 6.42 Å². The van der Waals surface area contributed by atoms with Crippen LogP contribution < -0.4 is 4.74 Å². The zero-order valence-corrected chi connectivity index (χ0v) is 9.74. The Bertz CT molecular complexity index is 350. The SMILES string of the molecule is CO.N#Cc1cc(Cl)ccc1OCCCO. The van der Waals surface area contributed by atoms with Gasteiger partial charge in [0.05, 0.1) is 12.2 Å². The van der Waals surface area contributed by atoms with Gasteiger partial charge in [0.2, 0.25) is 0 Å². The number of rotatable bonds is 4. The molecule has 88 valence electrons. The van der Waals surface area contributed by atoms with Crippen LogP contribution in [0.2, 0.25) is 5.02 Å². The van der Waals surface area contributed by atoms with Gasteiger partial charge in [-0.15, -0.1) is 0 Å². The molecule has 1 aromatic carbocycles. The Morgan fingerprint density at radius 3 is 2.69 bits per heavy atom. The summed E-state index contributed by atoms with van der Waals surface area (Å²) in [6.45, 7) is 0.474. The molecule has 0 aliphatic carbocycles. The fourth-order valence-corrected chi connectivity index (χ4v) is 1.13. The number of halogens is 1. The molecule has 2 N–H and O–H groups in total. The molecule has 0 heterocycles. The second kappa shape index (κ2) is 8.98. The molecule has 0 radical (unpaired) electrons. The molecule has 0 atom stereocenters. The minimum absolute atomic E-state index is 0.0788. The Kier molecular flexibility index (Phi) is 8.26. The summed E-state index contributed by atoms with van der Waals surface area (Å²) in [7, 11) is 1.00. The van der Waals surface area contributed by atoms with E-state index in [4.69, 9.17) is 31.8 Å². The van der Waals surface area contributed by atoms with Gasteiger partial charge in [-0.2, -0.15) is 5.26 Å². The summed E-state index contributed by atoms with van der Waals surface area (Å²) in [5, 5.41) is 24.8. The summed E-state index contributed by atoms with van der Waals surface area (Å²) in [6.07, 6.45) is 0.549. The van der Waals surface area contributed by atoms with Crippen molar-refractivity contribution in [3.8, 4) is 11.8 Å². The van der Waals surface area contributed by atoms with Crippen molar-refractivity contribution in [3.05, 3.63) is 28.8 Å². The van der Waals surface area contributed by atoms with Crippen LogP contribution in [-0.4, -0.2) is 30.5 Å². The van der Waals surface area contributed by atoms with Crippen LogP contribution in [0.4, 0.5) is 0 Å². The maximum Gasteiger partial charge on any atom is 0.137 e. The monoisotopic (exact) mass is 243 g/mol. The number of hydrogen-bond acceptors (Lipinski definition) is 4. The average Bonchev–Trinajstić information content (AvgIpc) is 2.33. The average molecular weight is 244 g/mol. The highest BCUT2D eigenvalue weighted by Gasteiger charge is 2.03. The Morgan fingerprint density at radius 1 is 1.44 bits per heavy atom. The van der Waals surface area contributed by atoms with E-state index in [1.165, 1.54) is 0 Å². The Balaban J connectivity index is 0.00000106. The van der Waals surface area contributed by atoms with Crippen LogP contribution in [0, 0.1) is 11.3 Å². The van der Waals surface area contributed by atoms with Gasteiger partial charge in [-0.1, -0.05) is 11.6 Å². The number of benzene rings is 1. The summed E-state index contributed by atoms with van der Waals surface area (Å²) in [4.78, 5) is 0. The normalized spacial score (nSPS) is 8.69. The van der Waals surface area contributed by atoms with Gasteiger partial charge in [0.1, 0.15) is 11.8 Å². The first kappa shape index (κ1) is 14.7. The number of aliphatic hydroxyl groups is 2. The second-order valence-electron chi connectivity index (χ2n) is 2.68. The van der Waals surface area contributed by atoms with Gasteiger partial charge in [-0.3, -0.25) is 0 Å². The summed E-state index contributed by atoms with van der Waals surface area (Å²) in [6, 6.07) is 6.86. The van der Waals surface area contributed by atoms with Gasteiger partial charge in [0.15, 0.2) is 0 Å². The Hall–Kier alpha value is -1.28. The highest BCUT2D eigenvalue weighted by Crippen LogP contribution is 2.21. The summed E-state index contributed by atoms with van der Waals surface area (Å²) in [5.41, 5.74) is 0.412. The molecular formula is C11H14ClNO3. The van der Waals surface area contributed by atoms with Crippen molar-refractivity contribution >= 4 is 11.6 Å². The van der Waals surface area contributed by atoms with Crippen molar-refractivity contribution in [2.24, 2.45) is 0 Å². The van der Waals surface area contributed by atoms with E-state index in [0.29, 0.717) is 29.4 Å². The third-order valence-electron chi connectivity index (χ3n) is 1.62. The molecule has 0 aliphatic heterocycles. The van der Waals surface area contributed by atoms with E-state index in [-0.39, 0.29) is 6.61 Å². The lowest BCUT2D eigenvalue weighted by Crippen LogP contribution is -2.00. The van der Waals surface area contributed by atoms with Gasteiger partial charge in [0.25, 0.3) is 0 Å². The van der Waals surface area contributed by atoms with E-state index < -0.39 is 0 Å². The molecule has 0 aliphatic rings. The van der Waals surface area contributed by atoms with Crippen LogP contribution in [0.15, 0.2) is 18.2 Å². The maximum atomic E-state index is 8.76. The Labute approximate surface area is 99.7 Å². The highest BCUT2D eigenvalue weighted by molar-refractivity contribution is 6.30. The van der Waals surface area contributed by atoms with Crippen LogP contribution >= 0.6 is 11.6 Å². The van der Waals surface area contributed by atoms with Crippen molar-refractivity contribution in [1.82, 2.24) is 0 Å². The van der Waals surface area contributed by atoms with E-state index in [1.807, 2.05) is 6.07 Å². The second-order valence-corrected chi connectivity index (χ2v) is 3.11. The van der Waals surface area contributed by atoms with Gasteiger partial charge < -0.3 is 14.9 Å². The molecule has 1 aromatic rings. The number of nitriles is 1. The minimum Gasteiger partial charge on any atom is -0.492 e. The molecule has 0 spiro atoms. The van der Waals surface area contributed by atoms with Gasteiger partial charge in [-0.25, -0.2) is 0 Å². The topological polar surface area (TPSA) is 73.5 Å². The third-order valence-corrected chi connectivity index (χ3v) is 1.86. The quantitative estimate of drug-likeness (QED) is 0.788. The van der Waals surface area contributed by atoms with E-state index in [0.717, 1.165) is 7.11 Å². The fourth-order valence-electron chi connectivity index (χ4n) is 0.962. The van der Waals surface area contributed by atoms with Crippen LogP contribution in [0.3, 0.4) is 0 Å². The molecule has 0 saturated heterocycles. The zero-order chi connectivity index (χ0) is 12.4. The van der Waals surface area contributed by atoms with Crippen molar-refractivity contribution in [3.63, 3.8) is 0 Å². The molecule has 4 nitrogen and oxygen atoms in total. The van der Waals surface area contributed by atoms with Crippen molar-refractivity contribution < 1.29 is 14.9 Å².